The number of thiophene rings is 1. The summed E-state index contributed by atoms with van der Waals surface area (Å²) in [4.78, 5) is 2.36. The number of para-hydroxylation sites is 1. The van der Waals surface area contributed by atoms with Crippen molar-refractivity contribution in [1.82, 2.24) is 0 Å². The summed E-state index contributed by atoms with van der Waals surface area (Å²) < 4.78 is 15.3. The zero-order chi connectivity index (χ0) is 32.8. The standard InChI is InChI=1S/C46H27NO2S/c1-2-8-28(9-3-1)29-14-16-30(17-15-29)47(32-18-20-34-33-10-5-7-13-43(33)50-44(34)27-32)31-19-23-40-38(26-31)46-36-22-24-41-45(35(36)21-25-42(46)49-40)37-11-4-6-12-39(37)48-41/h1-27H. The minimum absolute atomic E-state index is 0.868. The zero-order valence-corrected chi connectivity index (χ0v) is 27.6. The molecule has 0 fully saturated rings. The van der Waals surface area contributed by atoms with Crippen LogP contribution in [0.3, 0.4) is 0 Å². The van der Waals surface area contributed by atoms with E-state index in [9.17, 15) is 0 Å². The molecule has 11 aromatic rings. The van der Waals surface area contributed by atoms with Crippen molar-refractivity contribution in [3.8, 4) is 11.1 Å². The van der Waals surface area contributed by atoms with Crippen LogP contribution in [0.25, 0.3) is 85.9 Å². The van der Waals surface area contributed by atoms with Gasteiger partial charge in [0.05, 0.1) is 0 Å². The second-order valence-electron chi connectivity index (χ2n) is 12.9. The fourth-order valence-electron chi connectivity index (χ4n) is 7.77. The van der Waals surface area contributed by atoms with E-state index in [0.717, 1.165) is 71.7 Å². The lowest BCUT2D eigenvalue weighted by Gasteiger charge is -2.26. The van der Waals surface area contributed by atoms with Crippen LogP contribution in [-0.4, -0.2) is 0 Å². The van der Waals surface area contributed by atoms with Gasteiger partial charge in [-0.1, -0.05) is 84.9 Å². The molecule has 0 saturated heterocycles. The molecule has 0 aliphatic rings. The number of benzene rings is 8. The van der Waals surface area contributed by atoms with Crippen molar-refractivity contribution in [2.75, 3.05) is 4.90 Å². The van der Waals surface area contributed by atoms with E-state index in [1.807, 2.05) is 23.5 Å². The third-order valence-corrected chi connectivity index (χ3v) is 11.2. The average Bonchev–Trinajstić information content (AvgIpc) is 3.86. The van der Waals surface area contributed by atoms with Crippen molar-refractivity contribution < 1.29 is 8.83 Å². The Morgan fingerprint density at radius 3 is 1.68 bits per heavy atom. The predicted octanol–water partition coefficient (Wildman–Crippen LogP) is 14.1. The SMILES string of the molecule is c1ccc(-c2ccc(N(c3ccc4c(c3)sc3ccccc34)c3ccc4oc5ccc6c(ccc7oc8ccccc8c76)c5c4c3)cc2)cc1. The van der Waals surface area contributed by atoms with Gasteiger partial charge < -0.3 is 13.7 Å². The Morgan fingerprint density at radius 1 is 0.340 bits per heavy atom. The fourth-order valence-corrected chi connectivity index (χ4v) is 8.91. The highest BCUT2D eigenvalue weighted by molar-refractivity contribution is 7.25. The Kier molecular flexibility index (Phi) is 5.83. The summed E-state index contributed by atoms with van der Waals surface area (Å²) >= 11 is 1.84. The molecule has 11 rings (SSSR count). The highest BCUT2D eigenvalue weighted by atomic mass is 32.1. The molecule has 0 radical (unpaired) electrons. The van der Waals surface area contributed by atoms with Gasteiger partial charge in [0.2, 0.25) is 0 Å². The molecule has 0 bridgehead atoms. The van der Waals surface area contributed by atoms with Crippen LogP contribution in [0.4, 0.5) is 17.1 Å². The van der Waals surface area contributed by atoms with E-state index in [0.29, 0.717) is 0 Å². The van der Waals surface area contributed by atoms with Crippen LogP contribution in [0.2, 0.25) is 0 Å². The van der Waals surface area contributed by atoms with Gasteiger partial charge in [-0.05, 0) is 101 Å². The van der Waals surface area contributed by atoms with Gasteiger partial charge in [0, 0.05) is 58.8 Å². The van der Waals surface area contributed by atoms with Crippen molar-refractivity contribution in [2.24, 2.45) is 0 Å². The maximum absolute atomic E-state index is 6.50. The normalized spacial score (nSPS) is 12.0. The molecule has 3 aromatic heterocycles. The Hall–Kier alpha value is -6.36. The summed E-state index contributed by atoms with van der Waals surface area (Å²) in [6.07, 6.45) is 0. The summed E-state index contributed by atoms with van der Waals surface area (Å²) in [5.41, 5.74) is 9.21. The summed E-state index contributed by atoms with van der Waals surface area (Å²) in [5.74, 6) is 0. The maximum Gasteiger partial charge on any atom is 0.136 e. The van der Waals surface area contributed by atoms with E-state index in [-0.39, 0.29) is 0 Å². The van der Waals surface area contributed by atoms with Gasteiger partial charge in [0.15, 0.2) is 0 Å². The number of fused-ring (bicyclic) bond motifs is 12. The van der Waals surface area contributed by atoms with Gasteiger partial charge in [0.1, 0.15) is 22.3 Å². The van der Waals surface area contributed by atoms with Crippen molar-refractivity contribution in [1.29, 1.82) is 0 Å². The highest BCUT2D eigenvalue weighted by Crippen LogP contribution is 2.45. The van der Waals surface area contributed by atoms with Crippen LogP contribution in [0, 0.1) is 0 Å². The largest absolute Gasteiger partial charge is 0.456 e. The lowest BCUT2D eigenvalue weighted by molar-refractivity contribution is 0.668. The van der Waals surface area contributed by atoms with Gasteiger partial charge in [-0.15, -0.1) is 11.3 Å². The lowest BCUT2D eigenvalue weighted by atomic mass is 9.99. The first-order valence-corrected chi connectivity index (χ1v) is 17.6. The molecule has 0 unspecified atom stereocenters. The molecular weight excluding hydrogens is 631 g/mol. The first-order chi connectivity index (χ1) is 24.8. The fraction of sp³-hybridized carbons (Fsp3) is 0. The molecule has 3 heterocycles. The van der Waals surface area contributed by atoms with Crippen molar-refractivity contribution in [3.05, 3.63) is 164 Å². The van der Waals surface area contributed by atoms with Gasteiger partial charge in [-0.3, -0.25) is 0 Å². The van der Waals surface area contributed by atoms with Crippen molar-refractivity contribution >= 4 is 103 Å². The quantitative estimate of drug-likeness (QED) is 0.189. The highest BCUT2D eigenvalue weighted by Gasteiger charge is 2.19. The summed E-state index contributed by atoms with van der Waals surface area (Å²) in [6.45, 7) is 0. The van der Waals surface area contributed by atoms with E-state index < -0.39 is 0 Å². The third kappa shape index (κ3) is 4.09. The summed E-state index contributed by atoms with van der Waals surface area (Å²) in [5, 5.41) is 9.38. The minimum atomic E-state index is 0.868. The molecule has 0 saturated carbocycles. The van der Waals surface area contributed by atoms with E-state index in [2.05, 4.69) is 157 Å². The first kappa shape index (κ1) is 27.6. The average molecular weight is 658 g/mol. The number of hydrogen-bond donors (Lipinski definition) is 0. The molecule has 8 aromatic carbocycles. The second-order valence-corrected chi connectivity index (χ2v) is 14.0. The molecule has 0 aliphatic heterocycles. The van der Waals surface area contributed by atoms with Crippen LogP contribution in [-0.2, 0) is 0 Å². The monoisotopic (exact) mass is 657 g/mol. The molecule has 4 heteroatoms. The molecule has 0 spiro atoms. The summed E-state index contributed by atoms with van der Waals surface area (Å²) in [7, 11) is 0. The minimum Gasteiger partial charge on any atom is -0.456 e. The van der Waals surface area contributed by atoms with E-state index in [4.69, 9.17) is 8.83 Å². The lowest BCUT2D eigenvalue weighted by Crippen LogP contribution is -2.09. The third-order valence-electron chi connectivity index (χ3n) is 10.1. The molecule has 50 heavy (non-hydrogen) atoms. The predicted molar refractivity (Wildman–Crippen MR) is 212 cm³/mol. The van der Waals surface area contributed by atoms with Gasteiger partial charge in [0.25, 0.3) is 0 Å². The Morgan fingerprint density at radius 2 is 0.880 bits per heavy atom. The number of anilines is 3. The molecule has 234 valence electrons. The Bertz CT molecular complexity index is 3090. The van der Waals surface area contributed by atoms with Crippen LogP contribution in [0.1, 0.15) is 0 Å². The second kappa shape index (κ2) is 10.6. The van der Waals surface area contributed by atoms with Gasteiger partial charge in [-0.2, -0.15) is 0 Å². The molecule has 3 nitrogen and oxygen atoms in total. The van der Waals surface area contributed by atoms with E-state index in [1.54, 1.807) is 0 Å². The number of nitrogens with zero attached hydrogens (tertiary/aromatic N) is 1. The molecule has 0 N–H and O–H groups in total. The maximum atomic E-state index is 6.50. The molecular formula is C46H27NO2S. The number of furan rings is 2. The van der Waals surface area contributed by atoms with Crippen LogP contribution in [0.15, 0.2) is 173 Å². The van der Waals surface area contributed by atoms with Crippen molar-refractivity contribution in [3.63, 3.8) is 0 Å². The van der Waals surface area contributed by atoms with Crippen LogP contribution >= 0.6 is 11.3 Å². The van der Waals surface area contributed by atoms with E-state index >= 15 is 0 Å². The Balaban J connectivity index is 1.14. The number of hydrogen-bond acceptors (Lipinski definition) is 4. The topological polar surface area (TPSA) is 29.5 Å². The first-order valence-electron chi connectivity index (χ1n) is 16.8. The molecule has 0 amide bonds. The van der Waals surface area contributed by atoms with Gasteiger partial charge in [-0.25, -0.2) is 0 Å². The van der Waals surface area contributed by atoms with E-state index in [1.165, 1.54) is 31.3 Å². The van der Waals surface area contributed by atoms with Crippen molar-refractivity contribution in [2.45, 2.75) is 0 Å². The van der Waals surface area contributed by atoms with Gasteiger partial charge >= 0.3 is 0 Å². The molecule has 0 atom stereocenters. The summed E-state index contributed by atoms with van der Waals surface area (Å²) in [6, 6.07) is 58.4. The number of rotatable bonds is 4. The van der Waals surface area contributed by atoms with Crippen LogP contribution in [0.5, 0.6) is 0 Å². The Labute approximate surface area is 290 Å². The molecule has 0 aliphatic carbocycles. The smallest absolute Gasteiger partial charge is 0.136 e. The zero-order valence-electron chi connectivity index (χ0n) is 26.8. The van der Waals surface area contributed by atoms with Crippen LogP contribution < -0.4 is 4.90 Å².